The summed E-state index contributed by atoms with van der Waals surface area (Å²) in [7, 11) is 0. The molecule has 4 amide bonds. The molecule has 58 heavy (non-hydrogen) atoms. The summed E-state index contributed by atoms with van der Waals surface area (Å²) in [6.45, 7) is 7.31. The second kappa shape index (κ2) is 19.1. The zero-order chi connectivity index (χ0) is 41.2. The number of aromatic nitrogens is 2. The first-order chi connectivity index (χ1) is 28.0. The molecule has 298 valence electrons. The zero-order valence-corrected chi connectivity index (χ0v) is 33.1. The average molecular weight is 779 g/mol. The molecule has 11 nitrogen and oxygen atoms in total. The highest BCUT2D eigenvalue weighted by atomic mass is 16.3. The van der Waals surface area contributed by atoms with Crippen molar-refractivity contribution in [2.45, 2.75) is 70.8 Å². The Balaban J connectivity index is 1.25. The second-order valence-electron chi connectivity index (χ2n) is 15.3. The lowest BCUT2D eigenvalue weighted by molar-refractivity contribution is -0.126. The summed E-state index contributed by atoms with van der Waals surface area (Å²) in [4.78, 5) is 64.4. The molecule has 6 aromatic rings. The largest absolute Gasteiger partial charge is 0.389 e. The number of amides is 4. The third kappa shape index (κ3) is 10.5. The molecule has 2 heterocycles. The fourth-order valence-electron chi connectivity index (χ4n) is 6.96. The monoisotopic (exact) mass is 778 g/mol. The van der Waals surface area contributed by atoms with Gasteiger partial charge in [0.2, 0.25) is 11.8 Å². The van der Waals surface area contributed by atoms with E-state index in [0.29, 0.717) is 11.0 Å². The highest BCUT2D eigenvalue weighted by Gasteiger charge is 2.36. The predicted octanol–water partition coefficient (Wildman–Crippen LogP) is 5.81. The van der Waals surface area contributed by atoms with Crippen molar-refractivity contribution in [2.75, 3.05) is 0 Å². The first kappa shape index (κ1) is 41.2. The molecule has 4 atom stereocenters. The van der Waals surface area contributed by atoms with Crippen LogP contribution in [0.3, 0.4) is 0 Å². The summed E-state index contributed by atoms with van der Waals surface area (Å²) < 4.78 is 0. The fourth-order valence-corrected chi connectivity index (χ4v) is 6.96. The normalized spacial score (nSPS) is 14.0. The number of hydrogen-bond donors (Lipinski definition) is 5. The molecular formula is C47H50N6O5. The number of aliphatic hydroxyl groups excluding tert-OH is 1. The molecule has 0 saturated heterocycles. The molecule has 4 aromatic carbocycles. The Morgan fingerprint density at radius 3 is 1.22 bits per heavy atom. The SMILES string of the molecule is CC(C)C(NC(=O)c1ccc2ccccc2n1)C(=O)N[C@@H](Cc1ccccc1)C(O)[C@H](Cc1ccccc1)NC(=O)C(NC(=O)c1ccc2ccccc2n1)C(C)C. The van der Waals surface area contributed by atoms with Crippen molar-refractivity contribution in [1.82, 2.24) is 31.2 Å². The highest BCUT2D eigenvalue weighted by Crippen LogP contribution is 2.18. The number of carbonyl (C=O) groups is 4. The molecule has 2 aromatic heterocycles. The molecule has 2 unspecified atom stereocenters. The van der Waals surface area contributed by atoms with Gasteiger partial charge >= 0.3 is 0 Å². The molecule has 6 rings (SSSR count). The van der Waals surface area contributed by atoms with Gasteiger partial charge in [-0.2, -0.15) is 0 Å². The minimum atomic E-state index is -1.32. The third-order valence-electron chi connectivity index (χ3n) is 10.2. The lowest BCUT2D eigenvalue weighted by Gasteiger charge is -2.34. The molecule has 0 aliphatic carbocycles. The molecule has 5 N–H and O–H groups in total. The highest BCUT2D eigenvalue weighted by molar-refractivity contribution is 5.99. The maximum Gasteiger partial charge on any atom is 0.270 e. The van der Waals surface area contributed by atoms with E-state index < -0.39 is 53.9 Å². The number of rotatable bonds is 16. The van der Waals surface area contributed by atoms with Gasteiger partial charge in [0.25, 0.3) is 11.8 Å². The van der Waals surface area contributed by atoms with E-state index in [4.69, 9.17) is 0 Å². The number of aliphatic hydroxyl groups is 1. The predicted molar refractivity (Wildman–Crippen MR) is 226 cm³/mol. The Kier molecular flexibility index (Phi) is 13.6. The van der Waals surface area contributed by atoms with Crippen molar-refractivity contribution >= 4 is 45.4 Å². The van der Waals surface area contributed by atoms with Crippen LogP contribution in [0.1, 0.15) is 59.8 Å². The van der Waals surface area contributed by atoms with Crippen LogP contribution < -0.4 is 21.3 Å². The van der Waals surface area contributed by atoms with Crippen molar-refractivity contribution < 1.29 is 24.3 Å². The summed E-state index contributed by atoms with van der Waals surface area (Å²) in [5.41, 5.74) is 3.35. The van der Waals surface area contributed by atoms with Gasteiger partial charge in [-0.25, -0.2) is 9.97 Å². The number of fused-ring (bicyclic) bond motifs is 2. The van der Waals surface area contributed by atoms with Crippen LogP contribution in [0.4, 0.5) is 0 Å². The summed E-state index contributed by atoms with van der Waals surface area (Å²) in [5, 5.41) is 25.9. The molecule has 0 aliphatic heterocycles. The Morgan fingerprint density at radius 2 is 0.845 bits per heavy atom. The van der Waals surface area contributed by atoms with Crippen molar-refractivity contribution in [1.29, 1.82) is 0 Å². The van der Waals surface area contributed by atoms with E-state index in [1.807, 2.05) is 149 Å². The van der Waals surface area contributed by atoms with Crippen LogP contribution in [-0.4, -0.2) is 69.0 Å². The van der Waals surface area contributed by atoms with E-state index in [1.165, 1.54) is 0 Å². The minimum absolute atomic E-state index is 0.173. The van der Waals surface area contributed by atoms with Gasteiger partial charge in [-0.3, -0.25) is 19.2 Å². The molecule has 0 aliphatic rings. The molecule has 0 bridgehead atoms. The van der Waals surface area contributed by atoms with Gasteiger partial charge in [-0.15, -0.1) is 0 Å². The van der Waals surface area contributed by atoms with Crippen LogP contribution in [0, 0.1) is 11.8 Å². The number of hydrogen-bond acceptors (Lipinski definition) is 7. The van der Waals surface area contributed by atoms with Gasteiger partial charge in [0.15, 0.2) is 0 Å². The number of pyridine rings is 2. The van der Waals surface area contributed by atoms with Gasteiger partial charge in [-0.05, 0) is 60.1 Å². The lowest BCUT2D eigenvalue weighted by Crippen LogP contribution is -2.61. The Hall–Kier alpha value is -6.46. The quantitative estimate of drug-likeness (QED) is 0.0829. The summed E-state index contributed by atoms with van der Waals surface area (Å²) in [6, 6.07) is 36.9. The Labute approximate surface area is 338 Å². The van der Waals surface area contributed by atoms with Crippen molar-refractivity contribution in [3.05, 3.63) is 156 Å². The van der Waals surface area contributed by atoms with Crippen molar-refractivity contribution in [3.8, 4) is 0 Å². The van der Waals surface area contributed by atoms with E-state index in [1.54, 1.807) is 12.1 Å². The molecule has 0 fully saturated rings. The Bertz CT molecular complexity index is 2190. The lowest BCUT2D eigenvalue weighted by atomic mass is 9.91. The van der Waals surface area contributed by atoms with E-state index in [0.717, 1.165) is 21.9 Å². The van der Waals surface area contributed by atoms with E-state index in [9.17, 15) is 24.3 Å². The maximum absolute atomic E-state index is 14.2. The average Bonchev–Trinajstić information content (AvgIpc) is 3.23. The molecule has 0 radical (unpaired) electrons. The number of nitrogens with zero attached hydrogens (tertiary/aromatic N) is 2. The van der Waals surface area contributed by atoms with Gasteiger partial charge in [0, 0.05) is 10.8 Å². The van der Waals surface area contributed by atoms with E-state index in [2.05, 4.69) is 31.2 Å². The number of carbonyl (C=O) groups excluding carboxylic acids is 4. The minimum Gasteiger partial charge on any atom is -0.389 e. The van der Waals surface area contributed by atoms with Crippen LogP contribution in [0.15, 0.2) is 133 Å². The maximum atomic E-state index is 14.2. The van der Waals surface area contributed by atoms with Gasteiger partial charge in [-0.1, -0.05) is 137 Å². The first-order valence-electron chi connectivity index (χ1n) is 19.7. The van der Waals surface area contributed by atoms with E-state index >= 15 is 0 Å². The number of para-hydroxylation sites is 2. The van der Waals surface area contributed by atoms with Crippen LogP contribution in [0.25, 0.3) is 21.8 Å². The molecule has 0 saturated carbocycles. The third-order valence-corrected chi connectivity index (χ3v) is 10.2. The van der Waals surface area contributed by atoms with Gasteiger partial charge in [0.05, 0.1) is 29.2 Å². The van der Waals surface area contributed by atoms with Crippen molar-refractivity contribution in [3.63, 3.8) is 0 Å². The van der Waals surface area contributed by atoms with Crippen LogP contribution >= 0.6 is 0 Å². The van der Waals surface area contributed by atoms with Crippen LogP contribution in [0.2, 0.25) is 0 Å². The summed E-state index contributed by atoms with van der Waals surface area (Å²) in [5.74, 6) is -2.66. The zero-order valence-electron chi connectivity index (χ0n) is 33.1. The van der Waals surface area contributed by atoms with Crippen LogP contribution in [0.5, 0.6) is 0 Å². The summed E-state index contributed by atoms with van der Waals surface area (Å²) >= 11 is 0. The standard InChI is InChI=1S/C47H50N6O5/c1-29(2)41(52-44(55)37-25-23-33-19-11-13-21-35(33)48-37)46(57)50-39(27-31-15-7-5-8-16-31)43(54)40(28-32-17-9-6-10-18-32)51-47(58)42(30(3)4)53-45(56)38-26-24-34-20-12-14-22-36(34)49-38/h5-26,29-30,39-43,54H,27-28H2,1-4H3,(H,50,57)(H,51,58)(H,52,55)(H,53,56)/t39-,40-,41?,42?,43?/m0/s1. The fraction of sp³-hybridized carbons (Fsp3) is 0.277. The smallest absolute Gasteiger partial charge is 0.270 e. The first-order valence-corrected chi connectivity index (χ1v) is 19.7. The van der Waals surface area contributed by atoms with Gasteiger partial charge in [0.1, 0.15) is 23.5 Å². The Morgan fingerprint density at radius 1 is 0.483 bits per heavy atom. The topological polar surface area (TPSA) is 162 Å². The number of benzene rings is 4. The van der Waals surface area contributed by atoms with Crippen LogP contribution in [-0.2, 0) is 22.4 Å². The molecular weight excluding hydrogens is 729 g/mol. The molecule has 0 spiro atoms. The summed E-state index contributed by atoms with van der Waals surface area (Å²) in [6.07, 6.45) is -0.875. The number of nitrogens with one attached hydrogen (secondary N) is 4. The second-order valence-corrected chi connectivity index (χ2v) is 15.3. The molecule has 11 heteroatoms. The van der Waals surface area contributed by atoms with Crippen molar-refractivity contribution in [2.24, 2.45) is 11.8 Å². The van der Waals surface area contributed by atoms with Gasteiger partial charge < -0.3 is 26.4 Å². The van der Waals surface area contributed by atoms with E-state index in [-0.39, 0.29) is 36.1 Å².